The Morgan fingerprint density at radius 2 is 2.00 bits per heavy atom. The summed E-state index contributed by atoms with van der Waals surface area (Å²) in [6.45, 7) is 0.929. The third-order valence-corrected chi connectivity index (χ3v) is 1.60. The molecule has 1 rings (SSSR count). The normalized spacial score (nSPS) is 9.85. The largest absolute Gasteiger partial charge is 0.376 e. The molecule has 0 aromatic heterocycles. The maximum Gasteiger partial charge on any atom is 0.219 e. The number of benzene rings is 1. The van der Waals surface area contributed by atoms with Crippen LogP contribution in [0.25, 0.3) is 0 Å². The van der Waals surface area contributed by atoms with Gasteiger partial charge in [0.25, 0.3) is 0 Å². The lowest BCUT2D eigenvalue weighted by Gasteiger charge is -2.01. The molecule has 1 amide bonds. The molecule has 0 aliphatic heterocycles. The Morgan fingerprint density at radius 1 is 1.31 bits per heavy atom. The molecule has 0 aliphatic rings. The third kappa shape index (κ3) is 4.28. The molecule has 3 nitrogen and oxygen atoms in total. The lowest BCUT2D eigenvalue weighted by molar-refractivity contribution is -0.119. The van der Waals surface area contributed by atoms with Crippen molar-refractivity contribution >= 4 is 5.91 Å². The van der Waals surface area contributed by atoms with E-state index in [2.05, 4.69) is 0 Å². The minimum absolute atomic E-state index is 0.285. The van der Waals surface area contributed by atoms with E-state index in [-0.39, 0.29) is 12.3 Å². The van der Waals surface area contributed by atoms with E-state index in [1.807, 2.05) is 30.3 Å². The second kappa shape index (κ2) is 5.32. The molecule has 70 valence electrons. The van der Waals surface area contributed by atoms with Crippen LogP contribution >= 0.6 is 0 Å². The summed E-state index contributed by atoms with van der Waals surface area (Å²) in [4.78, 5) is 10.4. The van der Waals surface area contributed by atoms with Crippen LogP contribution in [0.2, 0.25) is 0 Å². The van der Waals surface area contributed by atoms with Gasteiger partial charge in [0, 0.05) is 6.42 Å². The van der Waals surface area contributed by atoms with E-state index in [0.717, 1.165) is 5.56 Å². The highest BCUT2D eigenvalue weighted by Crippen LogP contribution is 2.00. The zero-order chi connectivity index (χ0) is 9.52. The van der Waals surface area contributed by atoms with Crippen LogP contribution in [0.4, 0.5) is 0 Å². The van der Waals surface area contributed by atoms with Crippen LogP contribution in [-0.2, 0) is 16.1 Å². The molecule has 0 saturated heterocycles. The predicted octanol–water partition coefficient (Wildman–Crippen LogP) is 1.08. The van der Waals surface area contributed by atoms with Crippen molar-refractivity contribution in [3.63, 3.8) is 0 Å². The predicted molar refractivity (Wildman–Crippen MR) is 49.9 cm³/mol. The fraction of sp³-hybridized carbons (Fsp3) is 0.300. The highest BCUT2D eigenvalue weighted by Gasteiger charge is 1.94. The average molecular weight is 179 g/mol. The Balaban J connectivity index is 2.17. The molecule has 13 heavy (non-hydrogen) atoms. The first kappa shape index (κ1) is 9.74. The smallest absolute Gasteiger partial charge is 0.219 e. The van der Waals surface area contributed by atoms with Gasteiger partial charge in [0.05, 0.1) is 13.2 Å². The maximum atomic E-state index is 10.4. The average Bonchev–Trinajstić information content (AvgIpc) is 2.14. The lowest BCUT2D eigenvalue weighted by atomic mass is 10.2. The molecule has 0 saturated carbocycles. The van der Waals surface area contributed by atoms with E-state index >= 15 is 0 Å². The zero-order valence-corrected chi connectivity index (χ0v) is 7.40. The fourth-order valence-corrected chi connectivity index (χ4v) is 0.937. The standard InChI is InChI=1S/C10H13NO2/c11-10(12)6-7-13-8-9-4-2-1-3-5-9/h1-5H,6-8H2,(H2,11,12). The Kier molecular flexibility index (Phi) is 3.99. The molecular formula is C10H13NO2. The van der Waals surface area contributed by atoms with E-state index in [1.54, 1.807) is 0 Å². The number of hydrogen-bond donors (Lipinski definition) is 1. The molecule has 2 N–H and O–H groups in total. The summed E-state index contributed by atoms with van der Waals surface area (Å²) in [5.74, 6) is -0.326. The summed E-state index contributed by atoms with van der Waals surface area (Å²) in [6.07, 6.45) is 0.285. The number of primary amides is 1. The first-order valence-corrected chi connectivity index (χ1v) is 4.19. The van der Waals surface area contributed by atoms with Crippen LogP contribution in [-0.4, -0.2) is 12.5 Å². The monoisotopic (exact) mass is 179 g/mol. The second-order valence-electron chi connectivity index (χ2n) is 2.75. The number of ether oxygens (including phenoxy) is 1. The SMILES string of the molecule is NC(=O)CCOCc1ccccc1. The first-order chi connectivity index (χ1) is 6.29. The molecule has 0 atom stereocenters. The molecule has 0 bridgehead atoms. The summed E-state index contributed by atoms with van der Waals surface area (Å²) >= 11 is 0. The Hall–Kier alpha value is -1.35. The van der Waals surface area contributed by atoms with Gasteiger partial charge in [-0.3, -0.25) is 4.79 Å². The van der Waals surface area contributed by atoms with Crippen LogP contribution < -0.4 is 5.73 Å². The van der Waals surface area contributed by atoms with Gasteiger partial charge in [-0.05, 0) is 5.56 Å². The van der Waals surface area contributed by atoms with Crippen molar-refractivity contribution in [2.45, 2.75) is 13.0 Å². The van der Waals surface area contributed by atoms with Gasteiger partial charge in [-0.15, -0.1) is 0 Å². The summed E-state index contributed by atoms with van der Waals surface area (Å²) in [7, 11) is 0. The van der Waals surface area contributed by atoms with Gasteiger partial charge in [0.2, 0.25) is 5.91 Å². The highest BCUT2D eigenvalue weighted by molar-refractivity contribution is 5.73. The Bertz CT molecular complexity index is 259. The van der Waals surface area contributed by atoms with E-state index in [1.165, 1.54) is 0 Å². The third-order valence-electron chi connectivity index (χ3n) is 1.60. The zero-order valence-electron chi connectivity index (χ0n) is 7.40. The molecule has 0 unspecified atom stereocenters. The number of hydrogen-bond acceptors (Lipinski definition) is 2. The van der Waals surface area contributed by atoms with Crippen LogP contribution in [0.3, 0.4) is 0 Å². The van der Waals surface area contributed by atoms with E-state index in [9.17, 15) is 4.79 Å². The lowest BCUT2D eigenvalue weighted by Crippen LogP contribution is -2.13. The van der Waals surface area contributed by atoms with Gasteiger partial charge in [-0.2, -0.15) is 0 Å². The summed E-state index contributed by atoms with van der Waals surface area (Å²) in [5.41, 5.74) is 6.06. The van der Waals surface area contributed by atoms with Gasteiger partial charge < -0.3 is 10.5 Å². The summed E-state index contributed by atoms with van der Waals surface area (Å²) in [5, 5.41) is 0. The van der Waals surface area contributed by atoms with Crippen molar-refractivity contribution in [2.75, 3.05) is 6.61 Å². The molecule has 0 aliphatic carbocycles. The van der Waals surface area contributed by atoms with Gasteiger partial charge in [-0.1, -0.05) is 30.3 Å². The van der Waals surface area contributed by atoms with Crippen molar-refractivity contribution in [2.24, 2.45) is 5.73 Å². The van der Waals surface area contributed by atoms with E-state index in [4.69, 9.17) is 10.5 Å². The second-order valence-corrected chi connectivity index (χ2v) is 2.75. The number of carbonyl (C=O) groups excluding carboxylic acids is 1. The van der Waals surface area contributed by atoms with Crippen molar-refractivity contribution in [3.05, 3.63) is 35.9 Å². The quantitative estimate of drug-likeness (QED) is 0.687. The number of nitrogens with two attached hydrogens (primary N) is 1. The maximum absolute atomic E-state index is 10.4. The Labute approximate surface area is 77.5 Å². The molecule has 1 aromatic carbocycles. The van der Waals surface area contributed by atoms with Crippen LogP contribution in [0, 0.1) is 0 Å². The molecule has 0 fully saturated rings. The number of carbonyl (C=O) groups is 1. The van der Waals surface area contributed by atoms with Crippen molar-refractivity contribution in [1.29, 1.82) is 0 Å². The number of rotatable bonds is 5. The van der Waals surface area contributed by atoms with Crippen molar-refractivity contribution in [3.8, 4) is 0 Å². The topological polar surface area (TPSA) is 52.3 Å². The number of amides is 1. The fourth-order valence-electron chi connectivity index (χ4n) is 0.937. The molecule has 0 spiro atoms. The van der Waals surface area contributed by atoms with Crippen molar-refractivity contribution < 1.29 is 9.53 Å². The van der Waals surface area contributed by atoms with E-state index < -0.39 is 0 Å². The molecule has 0 radical (unpaired) electrons. The van der Waals surface area contributed by atoms with Gasteiger partial charge in [-0.25, -0.2) is 0 Å². The van der Waals surface area contributed by atoms with Crippen LogP contribution in [0.1, 0.15) is 12.0 Å². The highest BCUT2D eigenvalue weighted by atomic mass is 16.5. The van der Waals surface area contributed by atoms with Gasteiger partial charge in [0.1, 0.15) is 0 Å². The van der Waals surface area contributed by atoms with Crippen LogP contribution in [0.15, 0.2) is 30.3 Å². The minimum atomic E-state index is -0.326. The van der Waals surface area contributed by atoms with Gasteiger partial charge >= 0.3 is 0 Å². The molecule has 0 heterocycles. The van der Waals surface area contributed by atoms with Crippen molar-refractivity contribution in [1.82, 2.24) is 0 Å². The van der Waals surface area contributed by atoms with Crippen LogP contribution in [0.5, 0.6) is 0 Å². The summed E-state index contributed by atoms with van der Waals surface area (Å²) in [6, 6.07) is 9.81. The molecule has 3 heteroatoms. The molecular weight excluding hydrogens is 166 g/mol. The summed E-state index contributed by atoms with van der Waals surface area (Å²) < 4.78 is 5.23. The minimum Gasteiger partial charge on any atom is -0.376 e. The van der Waals surface area contributed by atoms with E-state index in [0.29, 0.717) is 13.2 Å². The van der Waals surface area contributed by atoms with Gasteiger partial charge in [0.15, 0.2) is 0 Å². The first-order valence-electron chi connectivity index (χ1n) is 4.19. The Morgan fingerprint density at radius 3 is 2.62 bits per heavy atom. The molecule has 1 aromatic rings.